The van der Waals surface area contributed by atoms with E-state index in [0.717, 1.165) is 48.9 Å². The third-order valence-corrected chi connectivity index (χ3v) is 7.72. The molecule has 4 unspecified atom stereocenters. The smallest absolute Gasteiger partial charge is 0.132 e. The summed E-state index contributed by atoms with van der Waals surface area (Å²) < 4.78 is 13.5. The molecule has 3 aliphatic rings. The predicted molar refractivity (Wildman–Crippen MR) is 108 cm³/mol. The number of nitrogens with one attached hydrogen (secondary N) is 2. The van der Waals surface area contributed by atoms with Gasteiger partial charge < -0.3 is 4.90 Å². The standard InChI is InChI=1S/C19H27N7OS/c1-25-11-14(10-22-25)13-2-3-16-15(8-13)19(24-23-16)17-9-18(21-12-20-17)26-4-6-28(27)7-5-26/h9-13,15-16,19,23-24H,2-8H2,1H3. The third kappa shape index (κ3) is 3.46. The van der Waals surface area contributed by atoms with Gasteiger partial charge in [0, 0.05) is 60.7 Å². The lowest BCUT2D eigenvalue weighted by Crippen LogP contribution is -2.38. The van der Waals surface area contributed by atoms with E-state index in [1.54, 1.807) is 6.33 Å². The fourth-order valence-electron chi connectivity index (χ4n) is 4.88. The molecule has 0 amide bonds. The molecule has 2 aromatic heterocycles. The predicted octanol–water partition coefficient (Wildman–Crippen LogP) is 0.880. The highest BCUT2D eigenvalue weighted by Gasteiger charge is 2.42. The van der Waals surface area contributed by atoms with Gasteiger partial charge in [0.2, 0.25) is 0 Å². The van der Waals surface area contributed by atoms with Crippen molar-refractivity contribution in [1.29, 1.82) is 0 Å². The third-order valence-electron chi connectivity index (χ3n) is 6.44. The van der Waals surface area contributed by atoms with Crippen molar-refractivity contribution < 1.29 is 4.21 Å². The summed E-state index contributed by atoms with van der Waals surface area (Å²) in [6.45, 7) is 1.60. The van der Waals surface area contributed by atoms with E-state index in [9.17, 15) is 4.21 Å². The molecule has 4 heterocycles. The Morgan fingerprint density at radius 1 is 1.18 bits per heavy atom. The minimum Gasteiger partial charge on any atom is -0.355 e. The second-order valence-corrected chi connectivity index (χ2v) is 9.83. The monoisotopic (exact) mass is 401 g/mol. The van der Waals surface area contributed by atoms with Gasteiger partial charge in [0.25, 0.3) is 0 Å². The Morgan fingerprint density at radius 3 is 2.82 bits per heavy atom. The van der Waals surface area contributed by atoms with Crippen molar-refractivity contribution in [3.05, 3.63) is 36.0 Å². The molecular formula is C19H27N7OS. The molecule has 150 valence electrons. The SMILES string of the molecule is Cn1cc(C2CCC3NNC(c4cc(N5CCS(=O)CC5)ncn4)C3C2)cn1. The van der Waals surface area contributed by atoms with Gasteiger partial charge in [-0.25, -0.2) is 15.4 Å². The fourth-order valence-corrected chi connectivity index (χ4v) is 5.93. The molecule has 28 heavy (non-hydrogen) atoms. The average molecular weight is 402 g/mol. The summed E-state index contributed by atoms with van der Waals surface area (Å²) in [5, 5.41) is 4.36. The molecule has 1 saturated carbocycles. The zero-order valence-corrected chi connectivity index (χ0v) is 16.9. The van der Waals surface area contributed by atoms with Crippen LogP contribution in [0.2, 0.25) is 0 Å². The van der Waals surface area contributed by atoms with Crippen LogP contribution in [0.3, 0.4) is 0 Å². The summed E-state index contributed by atoms with van der Waals surface area (Å²) in [7, 11) is 1.30. The number of aryl methyl sites for hydroxylation is 1. The quantitative estimate of drug-likeness (QED) is 0.789. The van der Waals surface area contributed by atoms with Gasteiger partial charge in [-0.1, -0.05) is 0 Å². The van der Waals surface area contributed by atoms with Crippen LogP contribution in [0.4, 0.5) is 5.82 Å². The van der Waals surface area contributed by atoms with E-state index >= 15 is 0 Å². The summed E-state index contributed by atoms with van der Waals surface area (Å²) in [4.78, 5) is 11.3. The van der Waals surface area contributed by atoms with Crippen molar-refractivity contribution in [2.75, 3.05) is 29.5 Å². The molecule has 0 aromatic carbocycles. The highest BCUT2D eigenvalue weighted by molar-refractivity contribution is 7.85. The Balaban J connectivity index is 1.34. The second-order valence-electron chi connectivity index (χ2n) is 8.13. The van der Waals surface area contributed by atoms with Crippen molar-refractivity contribution in [3.8, 4) is 0 Å². The maximum Gasteiger partial charge on any atom is 0.132 e. The van der Waals surface area contributed by atoms with Crippen LogP contribution in [0.25, 0.3) is 0 Å². The van der Waals surface area contributed by atoms with Gasteiger partial charge >= 0.3 is 0 Å². The van der Waals surface area contributed by atoms with E-state index < -0.39 is 10.8 Å². The lowest BCUT2D eigenvalue weighted by atomic mass is 9.73. The van der Waals surface area contributed by atoms with Gasteiger partial charge in [-0.2, -0.15) is 5.10 Å². The summed E-state index contributed by atoms with van der Waals surface area (Å²) in [5.74, 6) is 3.44. The van der Waals surface area contributed by atoms with Crippen LogP contribution in [0.1, 0.15) is 42.5 Å². The molecule has 2 aromatic rings. The van der Waals surface area contributed by atoms with Crippen LogP contribution in [0.15, 0.2) is 24.8 Å². The summed E-state index contributed by atoms with van der Waals surface area (Å²) >= 11 is 0. The zero-order chi connectivity index (χ0) is 19.1. The molecule has 4 atom stereocenters. The molecule has 0 spiro atoms. The number of fused-ring (bicyclic) bond motifs is 1. The Kier molecular flexibility index (Phi) is 4.90. The molecule has 0 bridgehead atoms. The van der Waals surface area contributed by atoms with E-state index in [1.807, 2.05) is 17.9 Å². The van der Waals surface area contributed by atoms with Crippen LogP contribution < -0.4 is 15.8 Å². The van der Waals surface area contributed by atoms with E-state index in [-0.39, 0.29) is 6.04 Å². The van der Waals surface area contributed by atoms with Crippen molar-refractivity contribution in [1.82, 2.24) is 30.6 Å². The van der Waals surface area contributed by atoms with Crippen LogP contribution in [-0.2, 0) is 17.8 Å². The van der Waals surface area contributed by atoms with Crippen LogP contribution in [0.5, 0.6) is 0 Å². The normalized spacial score (nSPS) is 31.1. The first-order chi connectivity index (χ1) is 13.7. The van der Waals surface area contributed by atoms with Crippen LogP contribution >= 0.6 is 0 Å². The first kappa shape index (κ1) is 18.2. The Morgan fingerprint density at radius 2 is 2.04 bits per heavy atom. The Labute approximate surface area is 167 Å². The van der Waals surface area contributed by atoms with Crippen molar-refractivity contribution in [2.24, 2.45) is 13.0 Å². The Bertz CT molecular complexity index is 861. The molecule has 2 saturated heterocycles. The molecular weight excluding hydrogens is 374 g/mol. The van der Waals surface area contributed by atoms with E-state index in [4.69, 9.17) is 0 Å². The van der Waals surface area contributed by atoms with Crippen molar-refractivity contribution >= 4 is 16.6 Å². The number of hydrazine groups is 1. The van der Waals surface area contributed by atoms with Gasteiger partial charge in [-0.3, -0.25) is 14.3 Å². The minimum atomic E-state index is -0.682. The van der Waals surface area contributed by atoms with Gasteiger partial charge in [0.1, 0.15) is 12.1 Å². The largest absolute Gasteiger partial charge is 0.355 e. The number of aromatic nitrogens is 4. The highest BCUT2D eigenvalue weighted by atomic mass is 32.2. The van der Waals surface area contributed by atoms with Crippen molar-refractivity contribution in [3.63, 3.8) is 0 Å². The summed E-state index contributed by atoms with van der Waals surface area (Å²) in [6, 6.07) is 2.78. The molecule has 0 radical (unpaired) electrons. The summed E-state index contributed by atoms with van der Waals surface area (Å²) in [5.41, 5.74) is 9.39. The van der Waals surface area contributed by atoms with Gasteiger partial charge in [-0.15, -0.1) is 0 Å². The molecule has 5 rings (SSSR count). The lowest BCUT2D eigenvalue weighted by Gasteiger charge is -2.33. The maximum atomic E-state index is 11.7. The van der Waals surface area contributed by atoms with Gasteiger partial charge in [-0.05, 0) is 36.7 Å². The minimum absolute atomic E-state index is 0.185. The molecule has 2 aliphatic heterocycles. The van der Waals surface area contributed by atoms with Crippen molar-refractivity contribution in [2.45, 2.75) is 37.3 Å². The van der Waals surface area contributed by atoms with Crippen LogP contribution in [0, 0.1) is 5.92 Å². The van der Waals surface area contributed by atoms with E-state index in [1.165, 1.54) is 12.0 Å². The van der Waals surface area contributed by atoms with E-state index in [2.05, 4.69) is 43.1 Å². The molecule has 3 fully saturated rings. The van der Waals surface area contributed by atoms with E-state index in [0.29, 0.717) is 17.9 Å². The topological polar surface area (TPSA) is 88.0 Å². The number of rotatable bonds is 3. The number of nitrogens with zero attached hydrogens (tertiary/aromatic N) is 5. The first-order valence-corrected chi connectivity index (χ1v) is 11.6. The average Bonchev–Trinajstić information content (AvgIpc) is 3.34. The lowest BCUT2D eigenvalue weighted by molar-refractivity contribution is 0.276. The Hall–Kier alpha value is -1.84. The molecule has 9 heteroatoms. The zero-order valence-electron chi connectivity index (χ0n) is 16.1. The number of hydrogen-bond acceptors (Lipinski definition) is 7. The molecule has 8 nitrogen and oxygen atoms in total. The maximum absolute atomic E-state index is 11.7. The molecule has 2 N–H and O–H groups in total. The van der Waals surface area contributed by atoms with Gasteiger partial charge in [0.15, 0.2) is 0 Å². The van der Waals surface area contributed by atoms with Crippen LogP contribution in [-0.4, -0.2) is 54.6 Å². The highest BCUT2D eigenvalue weighted by Crippen LogP contribution is 2.43. The number of hydrogen-bond donors (Lipinski definition) is 2. The first-order valence-electron chi connectivity index (χ1n) is 10.1. The second kappa shape index (κ2) is 7.53. The fraction of sp³-hybridized carbons (Fsp3) is 0.632. The molecule has 1 aliphatic carbocycles. The van der Waals surface area contributed by atoms with Gasteiger partial charge in [0.05, 0.1) is 17.9 Å². The summed E-state index contributed by atoms with van der Waals surface area (Å²) in [6.07, 6.45) is 9.31. The number of anilines is 1.